The molecule has 18 heavy (non-hydrogen) atoms. The van der Waals surface area contributed by atoms with Gasteiger partial charge >= 0.3 is 5.97 Å². The Hall–Kier alpha value is -1.84. The van der Waals surface area contributed by atoms with Crippen LogP contribution in [-0.2, 0) is 20.7 Å². The number of aryl methyl sites for hydroxylation is 1. The SMILES string of the molecule is COC(=O)CCOc1ccc(CCC(C)=O)cc1. The van der Waals surface area contributed by atoms with Gasteiger partial charge in [0.25, 0.3) is 0 Å². The Kier molecular flexibility index (Phi) is 5.91. The minimum atomic E-state index is -0.284. The van der Waals surface area contributed by atoms with Crippen molar-refractivity contribution in [3.63, 3.8) is 0 Å². The summed E-state index contributed by atoms with van der Waals surface area (Å²) in [4.78, 5) is 21.7. The first-order valence-corrected chi connectivity index (χ1v) is 5.90. The number of esters is 1. The Labute approximate surface area is 107 Å². The maximum atomic E-state index is 10.9. The van der Waals surface area contributed by atoms with Crippen LogP contribution in [0.2, 0.25) is 0 Å². The van der Waals surface area contributed by atoms with E-state index < -0.39 is 0 Å². The van der Waals surface area contributed by atoms with Gasteiger partial charge in [0.1, 0.15) is 11.5 Å². The molecule has 0 aliphatic carbocycles. The predicted octanol–water partition coefficient (Wildman–Crippen LogP) is 2.15. The summed E-state index contributed by atoms with van der Waals surface area (Å²) in [5.74, 6) is 0.618. The summed E-state index contributed by atoms with van der Waals surface area (Å²) < 4.78 is 9.90. The first-order chi connectivity index (χ1) is 8.61. The Bertz CT molecular complexity index is 395. The van der Waals surface area contributed by atoms with Gasteiger partial charge in [0.15, 0.2) is 0 Å². The van der Waals surface area contributed by atoms with Crippen LogP contribution in [0, 0.1) is 0 Å². The van der Waals surface area contributed by atoms with Crippen LogP contribution in [-0.4, -0.2) is 25.5 Å². The van der Waals surface area contributed by atoms with Gasteiger partial charge < -0.3 is 14.3 Å². The lowest BCUT2D eigenvalue weighted by Gasteiger charge is -2.06. The molecule has 0 spiro atoms. The van der Waals surface area contributed by atoms with Crippen molar-refractivity contribution in [3.05, 3.63) is 29.8 Å². The Morgan fingerprint density at radius 2 is 1.78 bits per heavy atom. The van der Waals surface area contributed by atoms with Crippen LogP contribution in [0.1, 0.15) is 25.3 Å². The second-order valence-electron chi connectivity index (χ2n) is 4.02. The van der Waals surface area contributed by atoms with E-state index in [-0.39, 0.29) is 18.2 Å². The molecule has 0 bridgehead atoms. The molecule has 0 saturated carbocycles. The zero-order valence-electron chi connectivity index (χ0n) is 10.8. The summed E-state index contributed by atoms with van der Waals surface area (Å²) in [6, 6.07) is 7.53. The summed E-state index contributed by atoms with van der Waals surface area (Å²) >= 11 is 0. The van der Waals surface area contributed by atoms with Gasteiger partial charge in [-0.25, -0.2) is 0 Å². The Balaban J connectivity index is 2.35. The van der Waals surface area contributed by atoms with Gasteiger partial charge in [0.2, 0.25) is 0 Å². The highest BCUT2D eigenvalue weighted by atomic mass is 16.5. The standard InChI is InChI=1S/C14H18O4/c1-11(15)3-4-12-5-7-13(8-6-12)18-10-9-14(16)17-2/h5-8H,3-4,9-10H2,1-2H3. The Morgan fingerprint density at radius 3 is 2.33 bits per heavy atom. The van der Waals surface area contributed by atoms with Gasteiger partial charge in [0, 0.05) is 6.42 Å². The second-order valence-corrected chi connectivity index (χ2v) is 4.02. The molecule has 4 heteroatoms. The third kappa shape index (κ3) is 5.48. The lowest BCUT2D eigenvalue weighted by atomic mass is 10.1. The lowest BCUT2D eigenvalue weighted by molar-refractivity contribution is -0.141. The normalized spacial score (nSPS) is 9.89. The lowest BCUT2D eigenvalue weighted by Crippen LogP contribution is -2.07. The van der Waals surface area contributed by atoms with Gasteiger partial charge in [-0.15, -0.1) is 0 Å². The third-order valence-electron chi connectivity index (χ3n) is 2.49. The number of benzene rings is 1. The van der Waals surface area contributed by atoms with E-state index in [0.29, 0.717) is 18.8 Å². The van der Waals surface area contributed by atoms with Gasteiger partial charge in [0.05, 0.1) is 20.1 Å². The van der Waals surface area contributed by atoms with Crippen LogP contribution < -0.4 is 4.74 Å². The molecule has 98 valence electrons. The fourth-order valence-electron chi connectivity index (χ4n) is 1.43. The molecular formula is C14H18O4. The maximum Gasteiger partial charge on any atom is 0.308 e. The van der Waals surface area contributed by atoms with Crippen molar-refractivity contribution in [1.82, 2.24) is 0 Å². The topological polar surface area (TPSA) is 52.6 Å². The molecule has 0 atom stereocenters. The van der Waals surface area contributed by atoms with E-state index in [9.17, 15) is 9.59 Å². The van der Waals surface area contributed by atoms with Crippen LogP contribution in [0.4, 0.5) is 0 Å². The number of hydrogen-bond donors (Lipinski definition) is 0. The first kappa shape index (κ1) is 14.2. The predicted molar refractivity (Wildman–Crippen MR) is 67.6 cm³/mol. The number of Topliss-reactive ketones (excluding diaryl/α,β-unsaturated/α-hetero) is 1. The number of hydrogen-bond acceptors (Lipinski definition) is 4. The number of carbonyl (C=O) groups is 2. The summed E-state index contributed by atoms with van der Waals surface area (Å²) in [6.07, 6.45) is 1.54. The average Bonchev–Trinajstić information content (AvgIpc) is 2.37. The molecule has 1 rings (SSSR count). The summed E-state index contributed by atoms with van der Waals surface area (Å²) in [5, 5.41) is 0. The molecule has 0 aliphatic rings. The summed E-state index contributed by atoms with van der Waals surface area (Å²) in [6.45, 7) is 1.89. The summed E-state index contributed by atoms with van der Waals surface area (Å²) in [7, 11) is 1.35. The van der Waals surface area contributed by atoms with E-state index in [1.807, 2.05) is 24.3 Å². The Morgan fingerprint density at radius 1 is 1.11 bits per heavy atom. The number of ketones is 1. The molecule has 0 heterocycles. The zero-order valence-corrected chi connectivity index (χ0v) is 10.8. The highest BCUT2D eigenvalue weighted by molar-refractivity contribution is 5.75. The molecule has 0 amide bonds. The molecule has 4 nitrogen and oxygen atoms in total. The fourth-order valence-corrected chi connectivity index (χ4v) is 1.43. The van der Waals surface area contributed by atoms with Crippen LogP contribution in [0.15, 0.2) is 24.3 Å². The smallest absolute Gasteiger partial charge is 0.308 e. The van der Waals surface area contributed by atoms with Crippen molar-refractivity contribution in [2.45, 2.75) is 26.2 Å². The summed E-state index contributed by atoms with van der Waals surface area (Å²) in [5.41, 5.74) is 1.10. The monoisotopic (exact) mass is 250 g/mol. The molecule has 1 aromatic rings. The zero-order chi connectivity index (χ0) is 13.4. The number of rotatable bonds is 7. The van der Waals surface area contributed by atoms with Crippen LogP contribution in [0.3, 0.4) is 0 Å². The van der Waals surface area contributed by atoms with Crippen molar-refractivity contribution in [1.29, 1.82) is 0 Å². The number of methoxy groups -OCH3 is 1. The van der Waals surface area contributed by atoms with Gasteiger partial charge in [-0.05, 0) is 31.0 Å². The fraction of sp³-hybridized carbons (Fsp3) is 0.429. The van der Waals surface area contributed by atoms with Crippen molar-refractivity contribution in [2.24, 2.45) is 0 Å². The molecule has 0 N–H and O–H groups in total. The van der Waals surface area contributed by atoms with Crippen molar-refractivity contribution in [3.8, 4) is 5.75 Å². The van der Waals surface area contributed by atoms with Crippen LogP contribution in [0.25, 0.3) is 0 Å². The number of ether oxygens (including phenoxy) is 2. The molecule has 0 unspecified atom stereocenters. The maximum absolute atomic E-state index is 10.9. The van der Waals surface area contributed by atoms with E-state index >= 15 is 0 Å². The van der Waals surface area contributed by atoms with Gasteiger partial charge in [-0.2, -0.15) is 0 Å². The van der Waals surface area contributed by atoms with Gasteiger partial charge in [-0.1, -0.05) is 12.1 Å². The largest absolute Gasteiger partial charge is 0.493 e. The van der Waals surface area contributed by atoms with E-state index in [1.54, 1.807) is 6.92 Å². The van der Waals surface area contributed by atoms with E-state index in [1.165, 1.54) is 7.11 Å². The molecule has 0 fully saturated rings. The molecular weight excluding hydrogens is 232 g/mol. The first-order valence-electron chi connectivity index (χ1n) is 5.90. The van der Waals surface area contributed by atoms with E-state index in [2.05, 4.69) is 4.74 Å². The van der Waals surface area contributed by atoms with E-state index in [0.717, 1.165) is 12.0 Å². The minimum absolute atomic E-state index is 0.188. The van der Waals surface area contributed by atoms with Crippen molar-refractivity contribution < 1.29 is 19.1 Å². The van der Waals surface area contributed by atoms with Crippen molar-refractivity contribution >= 4 is 11.8 Å². The molecule has 0 aliphatic heterocycles. The highest BCUT2D eigenvalue weighted by Crippen LogP contribution is 2.13. The van der Waals surface area contributed by atoms with Gasteiger partial charge in [-0.3, -0.25) is 4.79 Å². The molecule has 0 radical (unpaired) electrons. The molecule has 0 saturated heterocycles. The van der Waals surface area contributed by atoms with E-state index in [4.69, 9.17) is 4.74 Å². The average molecular weight is 250 g/mol. The third-order valence-corrected chi connectivity index (χ3v) is 2.49. The number of carbonyl (C=O) groups excluding carboxylic acids is 2. The van der Waals surface area contributed by atoms with Crippen LogP contribution >= 0.6 is 0 Å². The quantitative estimate of drug-likeness (QED) is 0.696. The van der Waals surface area contributed by atoms with Crippen LogP contribution in [0.5, 0.6) is 5.75 Å². The molecule has 1 aromatic carbocycles. The highest BCUT2D eigenvalue weighted by Gasteiger charge is 2.01. The van der Waals surface area contributed by atoms with Crippen molar-refractivity contribution in [2.75, 3.05) is 13.7 Å². The second kappa shape index (κ2) is 7.48. The molecule has 0 aromatic heterocycles. The minimum Gasteiger partial charge on any atom is -0.493 e.